The van der Waals surface area contributed by atoms with Crippen LogP contribution in [0.1, 0.15) is 10.4 Å². The monoisotopic (exact) mass is 511 g/mol. The van der Waals surface area contributed by atoms with Crippen LogP contribution in [-0.2, 0) is 13.1 Å². The number of hydrogen-bond donors (Lipinski definition) is 2. The van der Waals surface area contributed by atoms with E-state index in [4.69, 9.17) is 21.1 Å². The van der Waals surface area contributed by atoms with Gasteiger partial charge in [-0.2, -0.15) is 0 Å². The highest BCUT2D eigenvalue weighted by Crippen LogP contribution is 2.37. The summed E-state index contributed by atoms with van der Waals surface area (Å²) in [5, 5.41) is 13.3. The second kappa shape index (κ2) is 10.7. The summed E-state index contributed by atoms with van der Waals surface area (Å²) >= 11 is 7.53. The van der Waals surface area contributed by atoms with Crippen molar-refractivity contribution in [1.29, 1.82) is 0 Å². The quantitative estimate of drug-likeness (QED) is 0.349. The van der Waals surface area contributed by atoms with E-state index in [1.54, 1.807) is 30.5 Å². The van der Waals surface area contributed by atoms with Crippen LogP contribution in [-0.4, -0.2) is 44.3 Å². The van der Waals surface area contributed by atoms with Gasteiger partial charge in [-0.25, -0.2) is 0 Å². The molecule has 26 heavy (non-hydrogen) atoms. The third kappa shape index (κ3) is 5.82. The van der Waals surface area contributed by atoms with Gasteiger partial charge in [0.05, 0.1) is 25.1 Å². The molecule has 0 aliphatic rings. The molecule has 0 bridgehead atoms. The number of phenols is 1. The molecular weight excluding hydrogens is 489 g/mol. The molecule has 2 N–H and O–H groups in total. The highest BCUT2D eigenvalue weighted by atomic mass is 127. The Bertz CT molecular complexity index is 730. The molecular formula is C17H23ClIN3O3S. The lowest BCUT2D eigenvalue weighted by molar-refractivity contribution is 0.339. The minimum atomic E-state index is -0.00942. The van der Waals surface area contributed by atoms with Crippen molar-refractivity contribution in [1.82, 2.24) is 10.2 Å². The summed E-state index contributed by atoms with van der Waals surface area (Å²) in [6, 6.07) is 7.42. The minimum absolute atomic E-state index is 0. The summed E-state index contributed by atoms with van der Waals surface area (Å²) in [5.74, 6) is 1.47. The van der Waals surface area contributed by atoms with E-state index in [9.17, 15) is 5.11 Å². The van der Waals surface area contributed by atoms with Crippen molar-refractivity contribution in [3.63, 3.8) is 0 Å². The van der Waals surface area contributed by atoms with Crippen LogP contribution in [0, 0.1) is 0 Å². The Labute approximate surface area is 179 Å². The Balaban J connectivity index is 0.00000338. The number of rotatable bonds is 6. The van der Waals surface area contributed by atoms with Crippen LogP contribution >= 0.6 is 46.9 Å². The highest BCUT2D eigenvalue weighted by Gasteiger charge is 2.13. The number of thiophene rings is 1. The number of aromatic hydroxyl groups is 1. The van der Waals surface area contributed by atoms with E-state index in [1.807, 2.05) is 24.1 Å². The molecule has 0 atom stereocenters. The zero-order valence-corrected chi connectivity index (χ0v) is 19.0. The SMILES string of the molecule is CN=C(NCc1cc(OC)c(O)c(OC)c1)N(C)Cc1ccc(Cl)s1.I. The van der Waals surface area contributed by atoms with E-state index in [-0.39, 0.29) is 29.7 Å². The van der Waals surface area contributed by atoms with Crippen molar-refractivity contribution in [3.05, 3.63) is 39.0 Å². The number of phenolic OH excluding ortho intramolecular Hbond substituents is 1. The molecule has 0 spiro atoms. The molecule has 0 fully saturated rings. The summed E-state index contributed by atoms with van der Waals surface area (Å²) in [4.78, 5) is 7.47. The molecule has 0 saturated heterocycles. The maximum atomic E-state index is 9.98. The molecule has 0 aliphatic heterocycles. The fourth-order valence-electron chi connectivity index (χ4n) is 2.36. The minimum Gasteiger partial charge on any atom is -0.502 e. The van der Waals surface area contributed by atoms with Crippen molar-refractivity contribution >= 4 is 52.9 Å². The Hall–Kier alpha value is -1.39. The number of nitrogens with zero attached hydrogens (tertiary/aromatic N) is 2. The van der Waals surface area contributed by atoms with E-state index in [0.717, 1.165) is 20.7 Å². The van der Waals surface area contributed by atoms with E-state index >= 15 is 0 Å². The van der Waals surface area contributed by atoms with Gasteiger partial charge in [0, 0.05) is 25.5 Å². The number of aliphatic imine (C=N–C) groups is 1. The third-order valence-electron chi connectivity index (χ3n) is 3.59. The first-order valence-corrected chi connectivity index (χ1v) is 8.77. The molecule has 1 heterocycles. The molecule has 144 valence electrons. The Morgan fingerprint density at radius 3 is 2.35 bits per heavy atom. The smallest absolute Gasteiger partial charge is 0.200 e. The van der Waals surface area contributed by atoms with Crippen molar-refractivity contribution in [2.75, 3.05) is 28.3 Å². The number of guanidine groups is 1. The van der Waals surface area contributed by atoms with Gasteiger partial charge in [0.25, 0.3) is 0 Å². The van der Waals surface area contributed by atoms with Crippen LogP contribution < -0.4 is 14.8 Å². The number of hydrogen-bond acceptors (Lipinski definition) is 5. The molecule has 2 aromatic rings. The number of halogens is 2. The predicted molar refractivity (Wildman–Crippen MR) is 118 cm³/mol. The molecule has 0 unspecified atom stereocenters. The molecule has 6 nitrogen and oxygen atoms in total. The van der Waals surface area contributed by atoms with E-state index < -0.39 is 0 Å². The Morgan fingerprint density at radius 2 is 1.88 bits per heavy atom. The molecule has 1 aromatic carbocycles. The molecule has 9 heteroatoms. The lowest BCUT2D eigenvalue weighted by Gasteiger charge is -2.22. The second-order valence-electron chi connectivity index (χ2n) is 5.31. The van der Waals surface area contributed by atoms with Crippen molar-refractivity contribution < 1.29 is 14.6 Å². The number of benzene rings is 1. The average molecular weight is 512 g/mol. The summed E-state index contributed by atoms with van der Waals surface area (Å²) in [5.41, 5.74) is 0.903. The third-order valence-corrected chi connectivity index (χ3v) is 4.80. The summed E-state index contributed by atoms with van der Waals surface area (Å²) < 4.78 is 11.1. The maximum Gasteiger partial charge on any atom is 0.200 e. The molecule has 2 rings (SSSR count). The number of ether oxygens (including phenoxy) is 2. The van der Waals surface area contributed by atoms with Gasteiger partial charge >= 0.3 is 0 Å². The van der Waals surface area contributed by atoms with Gasteiger partial charge in [-0.1, -0.05) is 11.6 Å². The fourth-order valence-corrected chi connectivity index (χ4v) is 3.50. The van der Waals surface area contributed by atoms with Gasteiger partial charge in [0.1, 0.15) is 0 Å². The number of nitrogens with one attached hydrogen (secondary N) is 1. The molecule has 0 aliphatic carbocycles. The standard InChI is InChI=1S/C17H22ClN3O3S.HI/c1-19-17(21(2)10-12-5-6-15(18)25-12)20-9-11-7-13(23-3)16(22)14(8-11)24-4;/h5-8,22H,9-10H2,1-4H3,(H,19,20);1H. The molecule has 0 saturated carbocycles. The predicted octanol–water partition coefficient (Wildman–Crippen LogP) is 3.95. The van der Waals surface area contributed by atoms with Gasteiger partial charge in [-0.3, -0.25) is 4.99 Å². The van der Waals surface area contributed by atoms with Crippen LogP contribution in [0.15, 0.2) is 29.3 Å². The van der Waals surface area contributed by atoms with E-state index in [0.29, 0.717) is 24.6 Å². The summed E-state index contributed by atoms with van der Waals surface area (Å²) in [6.45, 7) is 1.22. The van der Waals surface area contributed by atoms with Crippen molar-refractivity contribution in [2.45, 2.75) is 13.1 Å². The van der Waals surface area contributed by atoms with Crippen molar-refractivity contribution in [2.24, 2.45) is 4.99 Å². The van der Waals surface area contributed by atoms with E-state index in [2.05, 4.69) is 10.3 Å². The van der Waals surface area contributed by atoms with Gasteiger partial charge in [0.2, 0.25) is 5.75 Å². The largest absolute Gasteiger partial charge is 0.502 e. The Morgan fingerprint density at radius 1 is 1.27 bits per heavy atom. The zero-order valence-electron chi connectivity index (χ0n) is 15.1. The lowest BCUT2D eigenvalue weighted by Crippen LogP contribution is -2.37. The average Bonchev–Trinajstić information content (AvgIpc) is 3.01. The van der Waals surface area contributed by atoms with Gasteiger partial charge in [0.15, 0.2) is 17.5 Å². The molecule has 0 amide bonds. The van der Waals surface area contributed by atoms with E-state index in [1.165, 1.54) is 14.2 Å². The first-order chi connectivity index (χ1) is 12.0. The first-order valence-electron chi connectivity index (χ1n) is 7.58. The molecule has 0 radical (unpaired) electrons. The van der Waals surface area contributed by atoms with Crippen LogP contribution in [0.2, 0.25) is 4.34 Å². The zero-order chi connectivity index (χ0) is 18.4. The van der Waals surface area contributed by atoms with Crippen LogP contribution in [0.25, 0.3) is 0 Å². The first kappa shape index (κ1) is 22.7. The van der Waals surface area contributed by atoms with Crippen LogP contribution in [0.5, 0.6) is 17.2 Å². The topological polar surface area (TPSA) is 66.3 Å². The maximum absolute atomic E-state index is 9.98. The second-order valence-corrected chi connectivity index (χ2v) is 7.11. The highest BCUT2D eigenvalue weighted by molar-refractivity contribution is 14.0. The normalized spacial score (nSPS) is 10.9. The van der Waals surface area contributed by atoms with Crippen LogP contribution in [0.4, 0.5) is 0 Å². The summed E-state index contributed by atoms with van der Waals surface area (Å²) in [6.07, 6.45) is 0. The van der Waals surface area contributed by atoms with Gasteiger partial charge in [-0.05, 0) is 29.8 Å². The summed E-state index contributed by atoms with van der Waals surface area (Å²) in [7, 11) is 6.70. The number of methoxy groups -OCH3 is 2. The fraction of sp³-hybridized carbons (Fsp3) is 0.353. The van der Waals surface area contributed by atoms with Crippen LogP contribution in [0.3, 0.4) is 0 Å². The van der Waals surface area contributed by atoms with Gasteiger partial charge in [-0.15, -0.1) is 35.3 Å². The van der Waals surface area contributed by atoms with Crippen molar-refractivity contribution in [3.8, 4) is 17.2 Å². The molecule has 1 aromatic heterocycles. The lowest BCUT2D eigenvalue weighted by atomic mass is 10.2. The Kier molecular flexibility index (Phi) is 9.31. The van der Waals surface area contributed by atoms with Gasteiger partial charge < -0.3 is 24.8 Å².